The van der Waals surface area contributed by atoms with Gasteiger partial charge in [-0.05, 0) is 50.2 Å². The molecule has 0 spiro atoms. The lowest BCUT2D eigenvalue weighted by Gasteiger charge is -2.22. The molecule has 0 amide bonds. The Hall–Kier alpha value is -3.50. The van der Waals surface area contributed by atoms with E-state index in [1.54, 1.807) is 12.4 Å². The van der Waals surface area contributed by atoms with E-state index in [9.17, 15) is 8.78 Å². The molecule has 3 aromatic heterocycles. The summed E-state index contributed by atoms with van der Waals surface area (Å²) < 4.78 is 29.3. The molecule has 0 radical (unpaired) electrons. The van der Waals surface area contributed by atoms with Gasteiger partial charge in [-0.3, -0.25) is 4.68 Å². The van der Waals surface area contributed by atoms with E-state index in [2.05, 4.69) is 38.4 Å². The first-order valence-electron chi connectivity index (χ1n) is 9.87. The molecule has 1 fully saturated rings. The van der Waals surface area contributed by atoms with Crippen LogP contribution in [0, 0.1) is 23.5 Å². The van der Waals surface area contributed by atoms with Gasteiger partial charge in [-0.1, -0.05) is 11.8 Å². The van der Waals surface area contributed by atoms with Crippen LogP contribution in [-0.4, -0.2) is 32.8 Å². The van der Waals surface area contributed by atoms with Crippen LogP contribution in [0.5, 0.6) is 0 Å². The SMILES string of the molecule is Fc1ccc(F)c(C#Cc2c[nH]c3ncc(-c4cnn(C5CCNCC5)c4)cc23)c1. The first-order valence-corrected chi connectivity index (χ1v) is 9.87. The standard InChI is InChI=1S/C23H19F2N5/c24-19-3-4-22(25)15(9-19)1-2-16-11-27-23-21(16)10-17(12-28-23)18-13-29-30(14-18)20-5-7-26-8-6-20/h3-4,9-14,20,26H,5-8H2,(H,27,28). The van der Waals surface area contributed by atoms with E-state index in [1.807, 2.05) is 16.9 Å². The topological polar surface area (TPSA) is 58.5 Å². The maximum Gasteiger partial charge on any atom is 0.139 e. The van der Waals surface area contributed by atoms with Crippen molar-refractivity contribution in [1.82, 2.24) is 25.1 Å². The lowest BCUT2D eigenvalue weighted by atomic mass is 10.1. The second-order valence-corrected chi connectivity index (χ2v) is 7.39. The lowest BCUT2D eigenvalue weighted by molar-refractivity contribution is 0.343. The third kappa shape index (κ3) is 3.58. The van der Waals surface area contributed by atoms with Crippen molar-refractivity contribution in [3.63, 3.8) is 0 Å². The average molecular weight is 403 g/mol. The summed E-state index contributed by atoms with van der Waals surface area (Å²) in [6.45, 7) is 2.01. The summed E-state index contributed by atoms with van der Waals surface area (Å²) in [6.07, 6.45) is 9.55. The number of halogens is 2. The van der Waals surface area contributed by atoms with Crippen LogP contribution in [0.15, 0.2) is 49.1 Å². The minimum Gasteiger partial charge on any atom is -0.345 e. The van der Waals surface area contributed by atoms with E-state index in [0.29, 0.717) is 17.3 Å². The van der Waals surface area contributed by atoms with Gasteiger partial charge < -0.3 is 10.3 Å². The molecule has 5 nitrogen and oxygen atoms in total. The smallest absolute Gasteiger partial charge is 0.139 e. The van der Waals surface area contributed by atoms with Gasteiger partial charge in [0, 0.05) is 35.1 Å². The Labute approximate surface area is 172 Å². The van der Waals surface area contributed by atoms with Crippen LogP contribution < -0.4 is 5.32 Å². The third-order valence-electron chi connectivity index (χ3n) is 5.41. The lowest BCUT2D eigenvalue weighted by Crippen LogP contribution is -2.29. The van der Waals surface area contributed by atoms with Crippen molar-refractivity contribution in [3.05, 3.63) is 71.8 Å². The van der Waals surface area contributed by atoms with Crippen LogP contribution in [0.4, 0.5) is 8.78 Å². The van der Waals surface area contributed by atoms with Gasteiger partial charge in [0.2, 0.25) is 0 Å². The molecule has 2 N–H and O–H groups in total. The molecule has 1 aliphatic rings. The van der Waals surface area contributed by atoms with Crippen molar-refractivity contribution in [2.24, 2.45) is 0 Å². The van der Waals surface area contributed by atoms with Crippen LogP contribution in [0.2, 0.25) is 0 Å². The number of fused-ring (bicyclic) bond motifs is 1. The van der Waals surface area contributed by atoms with Gasteiger partial charge in [0.15, 0.2) is 0 Å². The highest BCUT2D eigenvalue weighted by atomic mass is 19.1. The van der Waals surface area contributed by atoms with Crippen molar-refractivity contribution in [3.8, 4) is 23.0 Å². The minimum atomic E-state index is -0.548. The van der Waals surface area contributed by atoms with Crippen LogP contribution in [0.3, 0.4) is 0 Å². The first kappa shape index (κ1) is 18.5. The van der Waals surface area contributed by atoms with Crippen LogP contribution >= 0.6 is 0 Å². The predicted molar refractivity (Wildman–Crippen MR) is 111 cm³/mol. The van der Waals surface area contributed by atoms with Crippen molar-refractivity contribution < 1.29 is 8.78 Å². The summed E-state index contributed by atoms with van der Waals surface area (Å²) in [5.74, 6) is 4.58. The normalized spacial score (nSPS) is 14.6. The molecule has 0 saturated carbocycles. The summed E-state index contributed by atoms with van der Waals surface area (Å²) in [5, 5.41) is 8.74. The number of hydrogen-bond acceptors (Lipinski definition) is 3. The Morgan fingerprint density at radius 3 is 2.70 bits per heavy atom. The number of benzene rings is 1. The quantitative estimate of drug-likeness (QED) is 0.497. The molecule has 150 valence electrons. The van der Waals surface area contributed by atoms with E-state index in [4.69, 9.17) is 0 Å². The second kappa shape index (κ2) is 7.73. The number of pyridine rings is 1. The number of aromatic nitrogens is 4. The molecule has 0 aliphatic carbocycles. The molecule has 4 heterocycles. The highest BCUT2D eigenvalue weighted by Crippen LogP contribution is 2.26. The fourth-order valence-electron chi connectivity index (χ4n) is 3.75. The predicted octanol–water partition coefficient (Wildman–Crippen LogP) is 4.03. The van der Waals surface area contributed by atoms with E-state index < -0.39 is 11.6 Å². The van der Waals surface area contributed by atoms with Crippen LogP contribution in [-0.2, 0) is 0 Å². The zero-order chi connectivity index (χ0) is 20.5. The molecule has 30 heavy (non-hydrogen) atoms. The fraction of sp³-hybridized carbons (Fsp3) is 0.217. The van der Waals surface area contributed by atoms with Crippen molar-refractivity contribution >= 4 is 11.0 Å². The second-order valence-electron chi connectivity index (χ2n) is 7.39. The molecule has 5 rings (SSSR count). The van der Waals surface area contributed by atoms with Crippen molar-refractivity contribution in [2.45, 2.75) is 18.9 Å². The molecule has 0 bridgehead atoms. The van der Waals surface area contributed by atoms with Gasteiger partial charge in [0.25, 0.3) is 0 Å². The number of rotatable bonds is 2. The molecule has 1 aromatic carbocycles. The van der Waals surface area contributed by atoms with Gasteiger partial charge in [-0.2, -0.15) is 5.10 Å². The summed E-state index contributed by atoms with van der Waals surface area (Å²) in [5.41, 5.74) is 3.31. The fourth-order valence-corrected chi connectivity index (χ4v) is 3.75. The molecule has 4 aromatic rings. The maximum atomic E-state index is 13.9. The van der Waals surface area contributed by atoms with Crippen molar-refractivity contribution in [1.29, 1.82) is 0 Å². The molecule has 1 saturated heterocycles. The van der Waals surface area contributed by atoms with Gasteiger partial charge in [-0.25, -0.2) is 13.8 Å². The average Bonchev–Trinajstić information content (AvgIpc) is 3.42. The van der Waals surface area contributed by atoms with Gasteiger partial charge in [0.1, 0.15) is 17.3 Å². The molecule has 0 atom stereocenters. The Morgan fingerprint density at radius 2 is 1.83 bits per heavy atom. The largest absolute Gasteiger partial charge is 0.345 e. The number of nitrogens with zero attached hydrogens (tertiary/aromatic N) is 3. The maximum absolute atomic E-state index is 13.9. The molecule has 7 heteroatoms. The van der Waals surface area contributed by atoms with E-state index >= 15 is 0 Å². The van der Waals surface area contributed by atoms with Gasteiger partial charge in [0.05, 0.1) is 23.4 Å². The van der Waals surface area contributed by atoms with E-state index in [0.717, 1.165) is 60.6 Å². The minimum absolute atomic E-state index is 0.0247. The highest BCUT2D eigenvalue weighted by molar-refractivity contribution is 5.87. The zero-order valence-electron chi connectivity index (χ0n) is 16.1. The Kier molecular flexibility index (Phi) is 4.77. The Bertz CT molecular complexity index is 1270. The van der Waals surface area contributed by atoms with Crippen LogP contribution in [0.25, 0.3) is 22.2 Å². The number of hydrogen-bond donors (Lipinski definition) is 2. The summed E-state index contributed by atoms with van der Waals surface area (Å²) in [4.78, 5) is 7.56. The molecule has 1 aliphatic heterocycles. The van der Waals surface area contributed by atoms with Gasteiger partial charge in [-0.15, -0.1) is 0 Å². The highest BCUT2D eigenvalue weighted by Gasteiger charge is 2.16. The summed E-state index contributed by atoms with van der Waals surface area (Å²) in [6, 6.07) is 5.65. The first-order chi connectivity index (χ1) is 14.7. The zero-order valence-corrected chi connectivity index (χ0v) is 16.1. The number of piperidine rings is 1. The Balaban J connectivity index is 1.47. The number of H-pyrrole nitrogens is 1. The van der Waals surface area contributed by atoms with Crippen molar-refractivity contribution in [2.75, 3.05) is 13.1 Å². The monoisotopic (exact) mass is 403 g/mol. The summed E-state index contributed by atoms with van der Waals surface area (Å²) >= 11 is 0. The number of aromatic amines is 1. The van der Waals surface area contributed by atoms with Crippen LogP contribution in [0.1, 0.15) is 30.0 Å². The number of nitrogens with one attached hydrogen (secondary N) is 2. The third-order valence-corrected chi connectivity index (χ3v) is 5.41. The Morgan fingerprint density at radius 1 is 1.00 bits per heavy atom. The van der Waals surface area contributed by atoms with Gasteiger partial charge >= 0.3 is 0 Å². The van der Waals surface area contributed by atoms with E-state index in [-0.39, 0.29) is 5.56 Å². The molecule has 0 unspecified atom stereocenters. The molecular weight excluding hydrogens is 384 g/mol. The molecular formula is C23H19F2N5. The van der Waals surface area contributed by atoms with E-state index in [1.165, 1.54) is 0 Å². The summed E-state index contributed by atoms with van der Waals surface area (Å²) in [7, 11) is 0.